The Morgan fingerprint density at radius 3 is 1.94 bits per heavy atom. The van der Waals surface area contributed by atoms with Gasteiger partial charge in [-0.1, -0.05) is 42.5 Å². The molecule has 0 spiro atoms. The SMILES string of the molecule is CC(=O)/C1=C/Cn2c3ccccc3c3c4c(c5c6ccccc6n(c5c32)C1)C(=O)NC4=O. The van der Waals surface area contributed by atoms with Crippen LogP contribution in [-0.4, -0.2) is 26.7 Å². The van der Waals surface area contributed by atoms with Crippen molar-refractivity contribution in [3.05, 3.63) is 71.3 Å². The summed E-state index contributed by atoms with van der Waals surface area (Å²) in [5.41, 5.74) is 5.35. The second kappa shape index (κ2) is 5.73. The molecule has 0 fully saturated rings. The van der Waals surface area contributed by atoms with Gasteiger partial charge in [-0.3, -0.25) is 19.7 Å². The van der Waals surface area contributed by atoms with Crippen molar-refractivity contribution < 1.29 is 14.4 Å². The maximum absolute atomic E-state index is 13.1. The van der Waals surface area contributed by atoms with E-state index in [0.717, 1.165) is 49.2 Å². The maximum Gasteiger partial charge on any atom is 0.259 e. The number of benzene rings is 3. The zero-order chi connectivity index (χ0) is 21.7. The highest BCUT2D eigenvalue weighted by molar-refractivity contribution is 6.39. The Labute approximate surface area is 181 Å². The minimum atomic E-state index is -0.365. The number of nitrogens with one attached hydrogen (secondary N) is 1. The number of hydrogen-bond donors (Lipinski definition) is 1. The molecule has 2 aromatic heterocycles. The van der Waals surface area contributed by atoms with Gasteiger partial charge in [-0.2, -0.15) is 0 Å². The van der Waals surface area contributed by atoms with Crippen LogP contribution in [0.4, 0.5) is 0 Å². The molecule has 0 aliphatic carbocycles. The topological polar surface area (TPSA) is 73.1 Å². The summed E-state index contributed by atoms with van der Waals surface area (Å²) in [4.78, 5) is 38.6. The Hall–Kier alpha value is -4.19. The first-order chi connectivity index (χ1) is 15.6. The quantitative estimate of drug-likeness (QED) is 0.412. The van der Waals surface area contributed by atoms with E-state index < -0.39 is 0 Å². The number of rotatable bonds is 1. The zero-order valence-corrected chi connectivity index (χ0v) is 17.2. The van der Waals surface area contributed by atoms with Crippen LogP contribution in [-0.2, 0) is 17.9 Å². The number of allylic oxidation sites excluding steroid dienone is 2. The number of carbonyl (C=O) groups is 3. The summed E-state index contributed by atoms with van der Waals surface area (Å²) in [6.45, 7) is 2.53. The summed E-state index contributed by atoms with van der Waals surface area (Å²) in [5, 5.41) is 5.95. The van der Waals surface area contributed by atoms with Crippen LogP contribution >= 0.6 is 0 Å². The summed E-state index contributed by atoms with van der Waals surface area (Å²) in [5.74, 6) is -0.689. The smallest absolute Gasteiger partial charge is 0.259 e. The highest BCUT2D eigenvalue weighted by Crippen LogP contribution is 2.45. The van der Waals surface area contributed by atoms with Crippen molar-refractivity contribution in [2.24, 2.45) is 0 Å². The van der Waals surface area contributed by atoms with E-state index in [9.17, 15) is 14.4 Å². The van der Waals surface area contributed by atoms with Gasteiger partial charge in [0.15, 0.2) is 5.78 Å². The van der Waals surface area contributed by atoms with Gasteiger partial charge in [0.2, 0.25) is 0 Å². The van der Waals surface area contributed by atoms with Gasteiger partial charge in [0.25, 0.3) is 11.8 Å². The molecular weight excluding hydrogens is 402 g/mol. The first-order valence-corrected chi connectivity index (χ1v) is 10.6. The summed E-state index contributed by atoms with van der Waals surface area (Å²) in [6.07, 6.45) is 1.98. The predicted molar refractivity (Wildman–Crippen MR) is 123 cm³/mol. The molecule has 2 aliphatic rings. The summed E-state index contributed by atoms with van der Waals surface area (Å²) in [6, 6.07) is 15.8. The van der Waals surface area contributed by atoms with E-state index in [1.807, 2.05) is 54.6 Å². The Bertz CT molecular complexity index is 1760. The zero-order valence-electron chi connectivity index (χ0n) is 17.2. The number of carbonyl (C=O) groups excluding carboxylic acids is 3. The van der Waals surface area contributed by atoms with E-state index in [0.29, 0.717) is 24.2 Å². The number of hydrogen-bond acceptors (Lipinski definition) is 3. The van der Waals surface area contributed by atoms with Crippen molar-refractivity contribution in [1.29, 1.82) is 0 Å². The van der Waals surface area contributed by atoms with E-state index in [4.69, 9.17) is 0 Å². The van der Waals surface area contributed by atoms with Crippen molar-refractivity contribution in [3.8, 4) is 0 Å². The van der Waals surface area contributed by atoms with Crippen molar-refractivity contribution in [2.45, 2.75) is 20.0 Å². The lowest BCUT2D eigenvalue weighted by molar-refractivity contribution is -0.113. The first-order valence-electron chi connectivity index (χ1n) is 10.6. The van der Waals surface area contributed by atoms with Crippen molar-refractivity contribution >= 4 is 61.2 Å². The van der Waals surface area contributed by atoms with Crippen LogP contribution < -0.4 is 5.32 Å². The number of imide groups is 1. The molecule has 3 aromatic carbocycles. The monoisotopic (exact) mass is 419 g/mol. The molecule has 2 aliphatic heterocycles. The lowest BCUT2D eigenvalue weighted by Gasteiger charge is -2.16. The number of ketones is 1. The molecule has 0 radical (unpaired) electrons. The molecule has 154 valence electrons. The second-order valence-electron chi connectivity index (χ2n) is 8.50. The lowest BCUT2D eigenvalue weighted by Crippen LogP contribution is -2.20. The van der Waals surface area contributed by atoms with Crippen LogP contribution in [0, 0.1) is 0 Å². The molecule has 4 heterocycles. The van der Waals surface area contributed by atoms with Gasteiger partial charge in [0, 0.05) is 44.7 Å². The number of aromatic nitrogens is 2. The highest BCUT2D eigenvalue weighted by Gasteiger charge is 2.36. The van der Waals surface area contributed by atoms with Gasteiger partial charge in [-0.15, -0.1) is 0 Å². The molecule has 32 heavy (non-hydrogen) atoms. The fraction of sp³-hybridized carbons (Fsp3) is 0.115. The average Bonchev–Trinajstić information content (AvgIpc) is 3.37. The molecule has 0 saturated carbocycles. The molecule has 7 rings (SSSR count). The molecule has 6 nitrogen and oxygen atoms in total. The number of para-hydroxylation sites is 2. The van der Waals surface area contributed by atoms with Crippen LogP contribution in [0.25, 0.3) is 43.6 Å². The Morgan fingerprint density at radius 1 is 0.812 bits per heavy atom. The fourth-order valence-electron chi connectivity index (χ4n) is 5.58. The number of fused-ring (bicyclic) bond motifs is 9. The van der Waals surface area contributed by atoms with Gasteiger partial charge in [-0.05, 0) is 19.1 Å². The average molecular weight is 419 g/mol. The molecule has 0 unspecified atom stereocenters. The van der Waals surface area contributed by atoms with E-state index in [-0.39, 0.29) is 17.6 Å². The molecule has 1 N–H and O–H groups in total. The van der Waals surface area contributed by atoms with E-state index in [2.05, 4.69) is 14.5 Å². The standard InChI is InChI=1S/C26H17N3O3/c1-13(30)14-10-11-28-17-8-4-2-6-15(17)19-21-22(26(32)27-25(21)31)20-16-7-3-5-9-18(16)29(12-14)24(20)23(19)28/h2-10H,11-12H2,1H3,(H,27,31,32)/b14-10+. The van der Waals surface area contributed by atoms with Crippen LogP contribution in [0.2, 0.25) is 0 Å². The maximum atomic E-state index is 13.1. The summed E-state index contributed by atoms with van der Waals surface area (Å²) < 4.78 is 4.30. The van der Waals surface area contributed by atoms with E-state index in [1.54, 1.807) is 6.92 Å². The van der Waals surface area contributed by atoms with Gasteiger partial charge >= 0.3 is 0 Å². The van der Waals surface area contributed by atoms with E-state index >= 15 is 0 Å². The van der Waals surface area contributed by atoms with Crippen LogP contribution in [0.5, 0.6) is 0 Å². The number of Topliss-reactive ketones (excluding diaryl/α,β-unsaturated/α-hetero) is 1. The van der Waals surface area contributed by atoms with Gasteiger partial charge in [0.1, 0.15) is 0 Å². The Morgan fingerprint density at radius 2 is 1.34 bits per heavy atom. The van der Waals surface area contributed by atoms with Crippen molar-refractivity contribution in [1.82, 2.24) is 14.5 Å². The largest absolute Gasteiger partial charge is 0.335 e. The molecule has 0 saturated heterocycles. The third kappa shape index (κ3) is 1.93. The predicted octanol–water partition coefficient (Wildman–Crippen LogP) is 4.32. The van der Waals surface area contributed by atoms with Crippen molar-refractivity contribution in [3.63, 3.8) is 0 Å². The molecule has 0 atom stereocenters. The Balaban J connectivity index is 1.88. The highest BCUT2D eigenvalue weighted by atomic mass is 16.2. The van der Waals surface area contributed by atoms with Crippen LogP contribution in [0.1, 0.15) is 27.6 Å². The Kier molecular flexibility index (Phi) is 3.13. The van der Waals surface area contributed by atoms with E-state index in [1.165, 1.54) is 0 Å². The number of nitrogens with zero attached hydrogens (tertiary/aromatic N) is 2. The van der Waals surface area contributed by atoms with Gasteiger partial charge < -0.3 is 9.13 Å². The molecular formula is C26H17N3O3. The first kappa shape index (κ1) is 17.5. The van der Waals surface area contributed by atoms with Gasteiger partial charge in [-0.25, -0.2) is 0 Å². The summed E-state index contributed by atoms with van der Waals surface area (Å²) >= 11 is 0. The minimum absolute atomic E-state index is 0.0289. The molecule has 5 aromatic rings. The molecule has 0 bridgehead atoms. The second-order valence-corrected chi connectivity index (χ2v) is 8.50. The molecule has 6 heteroatoms. The fourth-order valence-corrected chi connectivity index (χ4v) is 5.58. The molecule has 2 amide bonds. The lowest BCUT2D eigenvalue weighted by atomic mass is 9.96. The summed E-state index contributed by atoms with van der Waals surface area (Å²) in [7, 11) is 0. The van der Waals surface area contributed by atoms with Crippen LogP contribution in [0.15, 0.2) is 60.2 Å². The third-order valence-electron chi connectivity index (χ3n) is 6.90. The van der Waals surface area contributed by atoms with Gasteiger partial charge in [0.05, 0.1) is 28.7 Å². The van der Waals surface area contributed by atoms with Crippen LogP contribution in [0.3, 0.4) is 0 Å². The third-order valence-corrected chi connectivity index (χ3v) is 6.90. The van der Waals surface area contributed by atoms with Crippen molar-refractivity contribution in [2.75, 3.05) is 0 Å². The normalized spacial score (nSPS) is 17.1. The minimum Gasteiger partial charge on any atom is -0.335 e. The number of amides is 2.